The summed E-state index contributed by atoms with van der Waals surface area (Å²) < 4.78 is 1.90. The van der Waals surface area contributed by atoms with Gasteiger partial charge in [-0.25, -0.2) is 4.98 Å². The van der Waals surface area contributed by atoms with Crippen molar-refractivity contribution < 1.29 is 0 Å². The SMILES string of the molecule is Clc1cc(N2CCC(N3CCCCC3)CC2)n2nccc2n1. The van der Waals surface area contributed by atoms with Gasteiger partial charge in [-0.1, -0.05) is 18.0 Å². The number of rotatable bonds is 2. The average Bonchev–Trinajstić information content (AvgIpc) is 3.03. The summed E-state index contributed by atoms with van der Waals surface area (Å²) in [4.78, 5) is 9.41. The Kier molecular flexibility index (Phi) is 3.92. The first kappa shape index (κ1) is 14.3. The summed E-state index contributed by atoms with van der Waals surface area (Å²) in [6.07, 6.45) is 8.37. The van der Waals surface area contributed by atoms with E-state index < -0.39 is 0 Å². The standard InChI is InChI=1S/C16H22ClN5/c17-14-12-16(22-15(19-14)4-7-18-22)21-10-5-13(6-11-21)20-8-2-1-3-9-20/h4,7,12-13H,1-3,5-6,8-11H2. The van der Waals surface area contributed by atoms with Crippen molar-refractivity contribution in [1.82, 2.24) is 19.5 Å². The lowest BCUT2D eigenvalue weighted by Crippen LogP contribution is -2.47. The quantitative estimate of drug-likeness (QED) is 0.798. The maximum Gasteiger partial charge on any atom is 0.159 e. The van der Waals surface area contributed by atoms with Crippen LogP contribution in [0.2, 0.25) is 5.15 Å². The number of hydrogen-bond acceptors (Lipinski definition) is 4. The second-order valence-corrected chi connectivity index (χ2v) is 6.74. The van der Waals surface area contributed by atoms with Crippen LogP contribution in [0.5, 0.6) is 0 Å². The van der Waals surface area contributed by atoms with Crippen LogP contribution in [-0.2, 0) is 0 Å². The number of aromatic nitrogens is 3. The Labute approximate surface area is 135 Å². The normalized spacial score (nSPS) is 21.6. The molecule has 0 atom stereocenters. The van der Waals surface area contributed by atoms with Crippen LogP contribution in [0.4, 0.5) is 5.82 Å². The first-order valence-electron chi connectivity index (χ1n) is 8.30. The van der Waals surface area contributed by atoms with Crippen LogP contribution in [0.1, 0.15) is 32.1 Å². The highest BCUT2D eigenvalue weighted by atomic mass is 35.5. The number of piperidine rings is 2. The fourth-order valence-electron chi connectivity index (χ4n) is 3.84. The van der Waals surface area contributed by atoms with Gasteiger partial charge in [0.15, 0.2) is 5.65 Å². The first-order chi connectivity index (χ1) is 10.8. The third-order valence-corrected chi connectivity index (χ3v) is 5.20. The minimum absolute atomic E-state index is 0.543. The third-order valence-electron chi connectivity index (χ3n) is 5.00. The summed E-state index contributed by atoms with van der Waals surface area (Å²) in [5, 5.41) is 4.93. The van der Waals surface area contributed by atoms with E-state index in [0.29, 0.717) is 5.15 Å². The zero-order valence-corrected chi connectivity index (χ0v) is 13.5. The molecular weight excluding hydrogens is 298 g/mol. The maximum absolute atomic E-state index is 6.16. The lowest BCUT2D eigenvalue weighted by Gasteiger charge is -2.40. The van der Waals surface area contributed by atoms with Gasteiger partial charge in [0.25, 0.3) is 0 Å². The molecule has 0 bridgehead atoms. The van der Waals surface area contributed by atoms with E-state index in [1.54, 1.807) is 6.20 Å². The van der Waals surface area contributed by atoms with Crippen LogP contribution in [0.25, 0.3) is 5.65 Å². The summed E-state index contributed by atoms with van der Waals surface area (Å²) in [5.41, 5.74) is 0.820. The van der Waals surface area contributed by atoms with Crippen molar-refractivity contribution in [3.05, 3.63) is 23.5 Å². The molecule has 2 aliphatic rings. The molecule has 0 aromatic carbocycles. The molecule has 5 nitrogen and oxygen atoms in total. The maximum atomic E-state index is 6.16. The molecule has 4 rings (SSSR count). The highest BCUT2D eigenvalue weighted by Crippen LogP contribution is 2.26. The predicted molar refractivity (Wildman–Crippen MR) is 88.7 cm³/mol. The van der Waals surface area contributed by atoms with Crippen molar-refractivity contribution >= 4 is 23.1 Å². The Balaban J connectivity index is 1.49. The van der Waals surface area contributed by atoms with E-state index >= 15 is 0 Å². The molecule has 118 valence electrons. The lowest BCUT2D eigenvalue weighted by molar-refractivity contribution is 0.141. The molecule has 4 heterocycles. The lowest BCUT2D eigenvalue weighted by atomic mass is 10.00. The second kappa shape index (κ2) is 6.05. The van der Waals surface area contributed by atoms with Gasteiger partial charge in [0.2, 0.25) is 0 Å². The van der Waals surface area contributed by atoms with Gasteiger partial charge in [-0.05, 0) is 38.8 Å². The molecule has 22 heavy (non-hydrogen) atoms. The Bertz CT molecular complexity index is 641. The van der Waals surface area contributed by atoms with Crippen LogP contribution in [0.15, 0.2) is 18.3 Å². The summed E-state index contributed by atoms with van der Waals surface area (Å²) in [7, 11) is 0. The van der Waals surface area contributed by atoms with Crippen molar-refractivity contribution in [3.8, 4) is 0 Å². The largest absolute Gasteiger partial charge is 0.356 e. The Hall–Kier alpha value is -1.33. The van der Waals surface area contributed by atoms with Gasteiger partial charge in [-0.15, -0.1) is 0 Å². The topological polar surface area (TPSA) is 36.7 Å². The van der Waals surface area contributed by atoms with Gasteiger partial charge in [0.05, 0.1) is 6.20 Å². The molecule has 6 heteroatoms. The van der Waals surface area contributed by atoms with E-state index in [1.807, 2.05) is 16.6 Å². The van der Waals surface area contributed by atoms with Crippen molar-refractivity contribution in [2.75, 3.05) is 31.1 Å². The van der Waals surface area contributed by atoms with Crippen molar-refractivity contribution in [1.29, 1.82) is 0 Å². The van der Waals surface area contributed by atoms with Gasteiger partial charge in [-0.2, -0.15) is 9.61 Å². The van der Waals surface area contributed by atoms with E-state index in [9.17, 15) is 0 Å². The predicted octanol–water partition coefficient (Wildman–Crippen LogP) is 2.84. The summed E-state index contributed by atoms with van der Waals surface area (Å²) >= 11 is 6.16. The number of halogens is 1. The first-order valence-corrected chi connectivity index (χ1v) is 8.68. The van der Waals surface area contributed by atoms with Crippen LogP contribution < -0.4 is 4.90 Å². The van der Waals surface area contributed by atoms with Crippen molar-refractivity contribution in [3.63, 3.8) is 0 Å². The number of nitrogens with zero attached hydrogens (tertiary/aromatic N) is 5. The van der Waals surface area contributed by atoms with Crippen LogP contribution in [0.3, 0.4) is 0 Å². The molecule has 2 aliphatic heterocycles. The molecule has 0 saturated carbocycles. The fraction of sp³-hybridized carbons (Fsp3) is 0.625. The summed E-state index contributed by atoms with van der Waals surface area (Å²) in [6, 6.07) is 4.58. The zero-order valence-electron chi connectivity index (χ0n) is 12.8. The van der Waals surface area contributed by atoms with Gasteiger partial charge < -0.3 is 9.80 Å². The van der Waals surface area contributed by atoms with Gasteiger partial charge >= 0.3 is 0 Å². The molecule has 0 unspecified atom stereocenters. The van der Waals surface area contributed by atoms with E-state index in [1.165, 1.54) is 45.2 Å². The number of likely N-dealkylation sites (tertiary alicyclic amines) is 1. The molecular formula is C16H22ClN5. The van der Waals surface area contributed by atoms with Crippen LogP contribution in [-0.4, -0.2) is 51.7 Å². The Morgan fingerprint density at radius 3 is 2.59 bits per heavy atom. The van der Waals surface area contributed by atoms with E-state index in [2.05, 4.69) is 19.9 Å². The molecule has 0 aliphatic carbocycles. The smallest absolute Gasteiger partial charge is 0.159 e. The Morgan fingerprint density at radius 1 is 1.05 bits per heavy atom. The number of fused-ring (bicyclic) bond motifs is 1. The molecule has 2 saturated heterocycles. The molecule has 0 radical (unpaired) electrons. The summed E-state index contributed by atoms with van der Waals surface area (Å²) in [6.45, 7) is 4.71. The molecule has 2 fully saturated rings. The van der Waals surface area contributed by atoms with Crippen LogP contribution >= 0.6 is 11.6 Å². The molecule has 2 aromatic rings. The second-order valence-electron chi connectivity index (χ2n) is 6.35. The molecule has 0 amide bonds. The van der Waals surface area contributed by atoms with Crippen molar-refractivity contribution in [2.24, 2.45) is 0 Å². The number of hydrogen-bond donors (Lipinski definition) is 0. The van der Waals surface area contributed by atoms with E-state index in [4.69, 9.17) is 11.6 Å². The van der Waals surface area contributed by atoms with Crippen LogP contribution in [0, 0.1) is 0 Å². The highest BCUT2D eigenvalue weighted by molar-refractivity contribution is 6.29. The molecule has 0 N–H and O–H groups in total. The molecule has 2 aromatic heterocycles. The zero-order chi connectivity index (χ0) is 14.9. The number of anilines is 1. The average molecular weight is 320 g/mol. The van der Waals surface area contributed by atoms with Crippen molar-refractivity contribution in [2.45, 2.75) is 38.1 Å². The van der Waals surface area contributed by atoms with Gasteiger partial charge in [0.1, 0.15) is 11.0 Å². The van der Waals surface area contributed by atoms with Gasteiger partial charge in [-0.3, -0.25) is 0 Å². The monoisotopic (exact) mass is 319 g/mol. The summed E-state index contributed by atoms with van der Waals surface area (Å²) in [5.74, 6) is 1.07. The minimum Gasteiger partial charge on any atom is -0.356 e. The minimum atomic E-state index is 0.543. The van der Waals surface area contributed by atoms with E-state index in [-0.39, 0.29) is 0 Å². The van der Waals surface area contributed by atoms with Gasteiger partial charge in [0, 0.05) is 31.3 Å². The highest BCUT2D eigenvalue weighted by Gasteiger charge is 2.26. The fourth-order valence-corrected chi connectivity index (χ4v) is 4.02. The third kappa shape index (κ3) is 2.68. The molecule has 0 spiro atoms. The van der Waals surface area contributed by atoms with E-state index in [0.717, 1.165) is 30.6 Å². The Morgan fingerprint density at radius 2 is 1.82 bits per heavy atom.